The number of para-hydroxylation sites is 2. The van der Waals surface area contributed by atoms with E-state index in [1.165, 1.54) is 0 Å². The first-order valence-corrected chi connectivity index (χ1v) is 10.6. The molecule has 0 aliphatic rings. The predicted molar refractivity (Wildman–Crippen MR) is 124 cm³/mol. The lowest BCUT2D eigenvalue weighted by Crippen LogP contribution is -2.30. The van der Waals surface area contributed by atoms with Gasteiger partial charge in [0.1, 0.15) is 21.8 Å². The number of carbonyl (C=O) groups is 1. The molecule has 4 aromatic rings. The molecule has 6 nitrogen and oxygen atoms in total. The van der Waals surface area contributed by atoms with Gasteiger partial charge in [-0.3, -0.25) is 4.79 Å². The highest BCUT2D eigenvalue weighted by Gasteiger charge is 2.22. The molecular formula is C24H22BrN3O3. The quantitative estimate of drug-likeness (QED) is 0.388. The fraction of sp³-hybridized carbons (Fsp3) is 0.167. The fourth-order valence-electron chi connectivity index (χ4n) is 3.45. The van der Waals surface area contributed by atoms with Crippen LogP contribution in [0.2, 0.25) is 0 Å². The van der Waals surface area contributed by atoms with Crippen molar-refractivity contribution in [1.82, 2.24) is 15.3 Å². The van der Waals surface area contributed by atoms with E-state index in [2.05, 4.69) is 26.2 Å². The zero-order valence-electron chi connectivity index (χ0n) is 17.2. The lowest BCUT2D eigenvalue weighted by atomic mass is 10.0. The number of amides is 1. The van der Waals surface area contributed by atoms with Gasteiger partial charge in [-0.2, -0.15) is 0 Å². The van der Waals surface area contributed by atoms with Crippen molar-refractivity contribution < 1.29 is 14.3 Å². The number of halogens is 1. The van der Waals surface area contributed by atoms with Gasteiger partial charge in [0, 0.05) is 5.56 Å². The summed E-state index contributed by atoms with van der Waals surface area (Å²) in [5.74, 6) is 1.50. The molecule has 1 aromatic heterocycles. The number of ether oxygens (including phenoxy) is 2. The van der Waals surface area contributed by atoms with Crippen LogP contribution in [0.25, 0.3) is 11.0 Å². The zero-order valence-corrected chi connectivity index (χ0v) is 18.8. The zero-order chi connectivity index (χ0) is 21.8. The van der Waals surface area contributed by atoms with Crippen LogP contribution in [0.15, 0.2) is 71.2 Å². The first kappa shape index (κ1) is 20.9. The van der Waals surface area contributed by atoms with E-state index in [9.17, 15) is 4.79 Å². The van der Waals surface area contributed by atoms with Crippen LogP contribution < -0.4 is 14.8 Å². The minimum absolute atomic E-state index is 0.245. The molecule has 1 amide bonds. The van der Waals surface area contributed by atoms with E-state index < -0.39 is 0 Å². The summed E-state index contributed by atoms with van der Waals surface area (Å²) in [5, 5.41) is 3.12. The minimum atomic E-state index is -0.345. The summed E-state index contributed by atoms with van der Waals surface area (Å²) in [4.78, 5) is 21.3. The number of benzene rings is 3. The summed E-state index contributed by atoms with van der Waals surface area (Å²) in [6.07, 6.45) is 0.594. The Kier molecular flexibility index (Phi) is 6.23. The van der Waals surface area contributed by atoms with E-state index >= 15 is 0 Å². The standard InChI is InChI=1S/C24H22BrN3O3/c1-30-20-13-16(14-21(31-2)22(20)25)24(29)28-19(12-15-8-4-3-5-9-15)23-26-17-10-6-7-11-18(17)27-23/h3-11,13-14,19H,12H2,1-2H3,(H,26,27)(H,28,29)/t19-/m0/s1. The average Bonchev–Trinajstić information content (AvgIpc) is 3.23. The smallest absolute Gasteiger partial charge is 0.252 e. The first-order valence-electron chi connectivity index (χ1n) is 9.80. The number of nitrogens with one attached hydrogen (secondary N) is 2. The van der Waals surface area contributed by atoms with E-state index in [1.54, 1.807) is 26.4 Å². The van der Waals surface area contributed by atoms with Crippen LogP contribution in [-0.4, -0.2) is 30.1 Å². The molecule has 0 unspecified atom stereocenters. The Labute approximate surface area is 188 Å². The number of hydrogen-bond acceptors (Lipinski definition) is 4. The highest BCUT2D eigenvalue weighted by molar-refractivity contribution is 9.10. The number of methoxy groups -OCH3 is 2. The molecule has 31 heavy (non-hydrogen) atoms. The monoisotopic (exact) mass is 479 g/mol. The molecular weight excluding hydrogens is 458 g/mol. The van der Waals surface area contributed by atoms with Crippen molar-refractivity contribution in [2.24, 2.45) is 0 Å². The van der Waals surface area contributed by atoms with Gasteiger partial charge in [0.05, 0.1) is 31.3 Å². The molecule has 0 spiro atoms. The number of aromatic nitrogens is 2. The Morgan fingerprint density at radius 2 is 1.68 bits per heavy atom. The summed E-state index contributed by atoms with van der Waals surface area (Å²) in [6.45, 7) is 0. The number of rotatable bonds is 7. The number of fused-ring (bicyclic) bond motifs is 1. The van der Waals surface area contributed by atoms with Crippen LogP contribution in [0.1, 0.15) is 27.8 Å². The van der Waals surface area contributed by atoms with Gasteiger partial charge in [-0.1, -0.05) is 42.5 Å². The van der Waals surface area contributed by atoms with E-state index in [0.717, 1.165) is 16.6 Å². The predicted octanol–water partition coefficient (Wildman–Crippen LogP) is 5.06. The van der Waals surface area contributed by atoms with E-state index in [1.807, 2.05) is 54.6 Å². The molecule has 0 radical (unpaired) electrons. The molecule has 2 N–H and O–H groups in total. The second-order valence-electron chi connectivity index (χ2n) is 7.05. The molecule has 7 heteroatoms. The summed E-state index contributed by atoms with van der Waals surface area (Å²) >= 11 is 3.44. The molecule has 3 aromatic carbocycles. The van der Waals surface area contributed by atoms with Gasteiger partial charge in [0.15, 0.2) is 0 Å². The normalized spacial score (nSPS) is 11.8. The third kappa shape index (κ3) is 4.56. The van der Waals surface area contributed by atoms with E-state index in [0.29, 0.717) is 33.8 Å². The molecule has 0 aliphatic heterocycles. The lowest BCUT2D eigenvalue weighted by molar-refractivity contribution is 0.0934. The maximum Gasteiger partial charge on any atom is 0.252 e. The number of H-pyrrole nitrogens is 1. The Morgan fingerprint density at radius 3 is 2.32 bits per heavy atom. The van der Waals surface area contributed by atoms with Crippen molar-refractivity contribution >= 4 is 32.9 Å². The third-order valence-corrected chi connectivity index (χ3v) is 5.82. The topological polar surface area (TPSA) is 76.2 Å². The molecule has 1 atom stereocenters. The van der Waals surface area contributed by atoms with Crippen molar-refractivity contribution in [3.63, 3.8) is 0 Å². The average molecular weight is 480 g/mol. The summed E-state index contributed by atoms with van der Waals surface area (Å²) in [6, 6.07) is 20.8. The van der Waals surface area contributed by atoms with Crippen LogP contribution in [0.3, 0.4) is 0 Å². The second kappa shape index (κ2) is 9.22. The van der Waals surface area contributed by atoms with Crippen LogP contribution >= 0.6 is 15.9 Å². The molecule has 1 heterocycles. The second-order valence-corrected chi connectivity index (χ2v) is 7.84. The number of carbonyl (C=O) groups excluding carboxylic acids is 1. The van der Waals surface area contributed by atoms with Crippen molar-refractivity contribution in [2.75, 3.05) is 14.2 Å². The molecule has 0 fully saturated rings. The van der Waals surface area contributed by atoms with Gasteiger partial charge in [-0.25, -0.2) is 4.98 Å². The minimum Gasteiger partial charge on any atom is -0.495 e. The van der Waals surface area contributed by atoms with Gasteiger partial charge in [0.2, 0.25) is 0 Å². The highest BCUT2D eigenvalue weighted by Crippen LogP contribution is 2.35. The Hall–Kier alpha value is -3.32. The molecule has 0 saturated carbocycles. The Bertz CT molecular complexity index is 1150. The molecule has 4 rings (SSSR count). The van der Waals surface area contributed by atoms with Crippen LogP contribution in [-0.2, 0) is 6.42 Å². The maximum absolute atomic E-state index is 13.2. The van der Waals surface area contributed by atoms with Gasteiger partial charge in [-0.05, 0) is 52.2 Å². The summed E-state index contributed by atoms with van der Waals surface area (Å²) in [5.41, 5.74) is 3.32. The van der Waals surface area contributed by atoms with Crippen LogP contribution in [0.5, 0.6) is 11.5 Å². The molecule has 0 bridgehead atoms. The van der Waals surface area contributed by atoms with E-state index in [4.69, 9.17) is 14.5 Å². The van der Waals surface area contributed by atoms with Crippen molar-refractivity contribution in [2.45, 2.75) is 12.5 Å². The van der Waals surface area contributed by atoms with Gasteiger partial charge < -0.3 is 19.8 Å². The summed E-state index contributed by atoms with van der Waals surface area (Å²) in [7, 11) is 3.10. The highest BCUT2D eigenvalue weighted by atomic mass is 79.9. The van der Waals surface area contributed by atoms with Crippen molar-refractivity contribution in [3.8, 4) is 11.5 Å². The SMILES string of the molecule is COc1cc(C(=O)N[C@@H](Cc2ccccc2)c2nc3ccccc3[nH]2)cc(OC)c1Br. The van der Waals surface area contributed by atoms with Gasteiger partial charge in [-0.15, -0.1) is 0 Å². The van der Waals surface area contributed by atoms with Crippen LogP contribution in [0.4, 0.5) is 0 Å². The Balaban J connectivity index is 1.68. The van der Waals surface area contributed by atoms with Gasteiger partial charge in [0.25, 0.3) is 5.91 Å². The number of aromatic amines is 1. The van der Waals surface area contributed by atoms with E-state index in [-0.39, 0.29) is 11.9 Å². The molecule has 0 saturated heterocycles. The molecule has 0 aliphatic carbocycles. The van der Waals surface area contributed by atoms with Crippen molar-refractivity contribution in [3.05, 3.63) is 88.2 Å². The van der Waals surface area contributed by atoms with Gasteiger partial charge >= 0.3 is 0 Å². The van der Waals surface area contributed by atoms with Crippen LogP contribution in [0, 0.1) is 0 Å². The number of imidazole rings is 1. The maximum atomic E-state index is 13.2. The number of nitrogens with zero attached hydrogens (tertiary/aromatic N) is 1. The number of hydrogen-bond donors (Lipinski definition) is 2. The summed E-state index contributed by atoms with van der Waals surface area (Å²) < 4.78 is 11.4. The first-order chi connectivity index (χ1) is 15.1. The fourth-order valence-corrected chi connectivity index (χ4v) is 4.00. The third-order valence-electron chi connectivity index (χ3n) is 5.03. The van der Waals surface area contributed by atoms with Crippen molar-refractivity contribution in [1.29, 1.82) is 0 Å². The largest absolute Gasteiger partial charge is 0.495 e. The Morgan fingerprint density at radius 1 is 1.03 bits per heavy atom. The molecule has 158 valence electrons. The lowest BCUT2D eigenvalue weighted by Gasteiger charge is -2.18.